The van der Waals surface area contributed by atoms with Gasteiger partial charge in [-0.1, -0.05) is 26.3 Å². The molecule has 3 atom stereocenters. The van der Waals surface area contributed by atoms with Crippen molar-refractivity contribution in [3.8, 4) is 11.5 Å². The van der Waals surface area contributed by atoms with Crippen molar-refractivity contribution in [2.75, 3.05) is 6.61 Å². The number of benzene rings is 1. The van der Waals surface area contributed by atoms with E-state index in [2.05, 4.69) is 41.3 Å². The van der Waals surface area contributed by atoms with Crippen LogP contribution in [0.3, 0.4) is 0 Å². The molecule has 0 amide bonds. The zero-order chi connectivity index (χ0) is 35.3. The number of H-pyrrole nitrogens is 1. The van der Waals surface area contributed by atoms with E-state index in [1.807, 2.05) is 13.8 Å². The Labute approximate surface area is 269 Å². The third kappa shape index (κ3) is 8.54. The maximum Gasteiger partial charge on any atom is 0.349 e. The van der Waals surface area contributed by atoms with Crippen molar-refractivity contribution in [3.63, 3.8) is 0 Å². The Morgan fingerprint density at radius 2 is 1.28 bits per heavy atom. The fourth-order valence-corrected chi connectivity index (χ4v) is 4.19. The molecule has 0 aromatic heterocycles. The van der Waals surface area contributed by atoms with Crippen molar-refractivity contribution in [1.29, 1.82) is 0 Å². The van der Waals surface area contributed by atoms with E-state index in [1.165, 1.54) is 32.3 Å². The van der Waals surface area contributed by atoms with Crippen LogP contribution in [0.1, 0.15) is 38.8 Å². The maximum absolute atomic E-state index is 13.1. The molecule has 0 saturated carbocycles. The van der Waals surface area contributed by atoms with Gasteiger partial charge in [0, 0.05) is 22.3 Å². The molecular formula is C33H36N4O10. The molecular weight excluding hydrogens is 612 g/mol. The van der Waals surface area contributed by atoms with Crippen molar-refractivity contribution in [2.24, 2.45) is 0 Å². The molecule has 2 aliphatic rings. The fraction of sp³-hybridized carbons (Fsp3) is 0.333. The molecule has 0 unspecified atom stereocenters. The molecule has 14 nitrogen and oxygen atoms in total. The van der Waals surface area contributed by atoms with E-state index in [0.717, 1.165) is 11.1 Å². The van der Waals surface area contributed by atoms with Gasteiger partial charge >= 0.3 is 29.6 Å². The number of nitrogens with one attached hydrogen (secondary N) is 1. The minimum Gasteiger partial charge on any atom is -0.458 e. The topological polar surface area (TPSA) is 186 Å². The fourth-order valence-electron chi connectivity index (χ4n) is 4.19. The SMILES string of the molecule is C=C(C)C(=O)OC[C@@H](OC(=O)C(=C)C)[C@@H](OC(=O)C(=C)C)[C@H](Cn1c2nc(=O)[nH]c(=O)c-2nc2cc(C)c(C)cc21)OC(=O)C(=C)C. The second-order valence-electron chi connectivity index (χ2n) is 11.2. The first-order chi connectivity index (χ1) is 21.9. The molecule has 1 aromatic carbocycles. The van der Waals surface area contributed by atoms with Gasteiger partial charge in [-0.2, -0.15) is 4.98 Å². The number of hydrogen-bond donors (Lipinski definition) is 1. The summed E-state index contributed by atoms with van der Waals surface area (Å²) in [5, 5.41) is 0. The highest BCUT2D eigenvalue weighted by Gasteiger charge is 2.41. The molecule has 14 heteroatoms. The standard InChI is InChI=1S/C33H36N4O10/c1-15(2)29(39)44-14-24(46-31(41)17(5)6)26(47-32(42)18(7)8)23(45-30(40)16(3)4)13-37-22-12-20(10)19(9)11-21(22)34-25-27(37)35-33(43)36-28(25)38/h11-12,23-24,26H,1,3,5,7,13-14H2,2,4,6,8-10H3,(H,36,38,43)/t23-,24+,26-/m0/s1. The Kier molecular flexibility index (Phi) is 11.1. The number of esters is 4. The monoisotopic (exact) mass is 648 g/mol. The summed E-state index contributed by atoms with van der Waals surface area (Å²) in [7, 11) is 0. The van der Waals surface area contributed by atoms with E-state index in [-0.39, 0.29) is 33.8 Å². The summed E-state index contributed by atoms with van der Waals surface area (Å²) in [6.45, 7) is 22.3. The smallest absolute Gasteiger partial charge is 0.349 e. The average Bonchev–Trinajstić information content (AvgIpc) is 2.98. The lowest BCUT2D eigenvalue weighted by Crippen LogP contribution is -2.50. The average molecular weight is 649 g/mol. The number of ether oxygens (including phenoxy) is 4. The molecule has 3 rings (SSSR count). The van der Waals surface area contributed by atoms with Gasteiger partial charge in [0.25, 0.3) is 5.56 Å². The van der Waals surface area contributed by atoms with Gasteiger partial charge < -0.3 is 23.5 Å². The predicted octanol–water partition coefficient (Wildman–Crippen LogP) is 2.78. The molecule has 1 aromatic rings. The first-order valence-corrected chi connectivity index (χ1v) is 14.2. The molecule has 1 N–H and O–H groups in total. The van der Waals surface area contributed by atoms with Gasteiger partial charge in [-0.05, 0) is 64.8 Å². The lowest BCUT2D eigenvalue weighted by atomic mass is 10.0. The number of hydrogen-bond acceptors (Lipinski definition) is 12. The van der Waals surface area contributed by atoms with Crippen molar-refractivity contribution in [2.45, 2.75) is 66.4 Å². The largest absolute Gasteiger partial charge is 0.458 e. The number of aromatic nitrogens is 4. The van der Waals surface area contributed by atoms with Crippen LogP contribution in [0.15, 0.2) is 70.3 Å². The quantitative estimate of drug-likeness (QED) is 0.124. The molecule has 47 heavy (non-hydrogen) atoms. The summed E-state index contributed by atoms with van der Waals surface area (Å²) in [5.41, 5.74) is 0.212. The van der Waals surface area contributed by atoms with Crippen LogP contribution in [0.25, 0.3) is 22.6 Å². The van der Waals surface area contributed by atoms with Crippen LogP contribution in [0, 0.1) is 13.8 Å². The molecule has 0 bridgehead atoms. The molecule has 2 aliphatic heterocycles. The van der Waals surface area contributed by atoms with Gasteiger partial charge in [-0.25, -0.2) is 29.0 Å². The van der Waals surface area contributed by atoms with Gasteiger partial charge in [-0.15, -0.1) is 0 Å². The lowest BCUT2D eigenvalue weighted by Gasteiger charge is -2.33. The number of rotatable bonds is 13. The van der Waals surface area contributed by atoms with E-state index in [1.54, 1.807) is 12.1 Å². The van der Waals surface area contributed by atoms with Crippen molar-refractivity contribution in [1.82, 2.24) is 19.5 Å². The molecule has 0 radical (unpaired) electrons. The van der Waals surface area contributed by atoms with Crippen LogP contribution < -0.4 is 11.2 Å². The molecule has 2 heterocycles. The number of carbonyl (C=O) groups is 4. The Hall–Kier alpha value is -5.66. The number of carbonyl (C=O) groups excluding carboxylic acids is 4. The van der Waals surface area contributed by atoms with Crippen LogP contribution in [-0.4, -0.2) is 68.3 Å². The third-order valence-electron chi connectivity index (χ3n) is 6.85. The highest BCUT2D eigenvalue weighted by molar-refractivity contribution is 5.89. The van der Waals surface area contributed by atoms with Crippen LogP contribution in [0.2, 0.25) is 0 Å². The molecule has 0 aliphatic carbocycles. The minimum atomic E-state index is -1.69. The normalized spacial score (nSPS) is 12.8. The number of fused-ring (bicyclic) bond motifs is 2. The Morgan fingerprint density at radius 3 is 1.83 bits per heavy atom. The summed E-state index contributed by atoms with van der Waals surface area (Å²) in [4.78, 5) is 87.1. The first kappa shape index (κ1) is 35.8. The molecule has 248 valence electrons. The van der Waals surface area contributed by atoms with E-state index in [4.69, 9.17) is 18.9 Å². The van der Waals surface area contributed by atoms with E-state index < -0.39 is 66.6 Å². The summed E-state index contributed by atoms with van der Waals surface area (Å²) in [6.07, 6.45) is -4.84. The summed E-state index contributed by atoms with van der Waals surface area (Å²) in [6, 6.07) is 3.44. The van der Waals surface area contributed by atoms with Gasteiger partial charge in [0.05, 0.1) is 17.6 Å². The second-order valence-corrected chi connectivity index (χ2v) is 11.2. The minimum absolute atomic E-state index is 0.0244. The van der Waals surface area contributed by atoms with Gasteiger partial charge in [0.2, 0.25) is 0 Å². The van der Waals surface area contributed by atoms with Gasteiger partial charge in [0.15, 0.2) is 29.8 Å². The maximum atomic E-state index is 13.1. The van der Waals surface area contributed by atoms with E-state index in [0.29, 0.717) is 11.0 Å². The highest BCUT2D eigenvalue weighted by Crippen LogP contribution is 2.27. The van der Waals surface area contributed by atoms with E-state index in [9.17, 15) is 28.8 Å². The zero-order valence-electron chi connectivity index (χ0n) is 27.1. The summed E-state index contributed by atoms with van der Waals surface area (Å²) < 4.78 is 23.8. The predicted molar refractivity (Wildman–Crippen MR) is 170 cm³/mol. The van der Waals surface area contributed by atoms with Crippen LogP contribution in [0.5, 0.6) is 0 Å². The summed E-state index contributed by atoms with van der Waals surface area (Å²) >= 11 is 0. The van der Waals surface area contributed by atoms with Crippen molar-refractivity contribution < 1.29 is 38.1 Å². The molecule has 0 saturated heterocycles. The van der Waals surface area contributed by atoms with Crippen LogP contribution in [-0.2, 0) is 44.7 Å². The third-order valence-corrected chi connectivity index (χ3v) is 6.85. The molecule has 0 spiro atoms. The lowest BCUT2D eigenvalue weighted by molar-refractivity contribution is -0.187. The summed E-state index contributed by atoms with van der Waals surface area (Å²) in [5.74, 6) is -3.86. The number of aryl methyl sites for hydroxylation is 2. The number of nitrogens with zero attached hydrogens (tertiary/aromatic N) is 3. The molecule has 0 fully saturated rings. The zero-order valence-corrected chi connectivity index (χ0v) is 27.1. The van der Waals surface area contributed by atoms with Crippen molar-refractivity contribution >= 4 is 34.9 Å². The van der Waals surface area contributed by atoms with Gasteiger partial charge in [0.1, 0.15) is 6.61 Å². The van der Waals surface area contributed by atoms with Crippen molar-refractivity contribution in [3.05, 3.63) is 92.7 Å². The Morgan fingerprint density at radius 1 is 0.766 bits per heavy atom. The van der Waals surface area contributed by atoms with Crippen LogP contribution >= 0.6 is 0 Å². The Balaban J connectivity index is 2.36. The van der Waals surface area contributed by atoms with E-state index >= 15 is 0 Å². The second kappa shape index (κ2) is 14.6. The highest BCUT2D eigenvalue weighted by atomic mass is 16.6. The van der Waals surface area contributed by atoms with Gasteiger partial charge in [-0.3, -0.25) is 9.78 Å². The van der Waals surface area contributed by atoms with Crippen LogP contribution in [0.4, 0.5) is 0 Å². The first-order valence-electron chi connectivity index (χ1n) is 14.2. The Bertz CT molecular complexity index is 1920. The number of aromatic amines is 1.